The summed E-state index contributed by atoms with van der Waals surface area (Å²) in [5.41, 5.74) is 11.7. The molecule has 0 unspecified atom stereocenters. The highest BCUT2D eigenvalue weighted by Gasteiger charge is 2.16. The van der Waals surface area contributed by atoms with Crippen LogP contribution in [0.15, 0.2) is 22.0 Å². The van der Waals surface area contributed by atoms with Crippen LogP contribution in [0.5, 0.6) is 0 Å². The molecule has 0 aliphatic heterocycles. The van der Waals surface area contributed by atoms with Gasteiger partial charge in [0, 0.05) is 11.8 Å². The number of nitrogens with zero attached hydrogens (tertiary/aromatic N) is 1. The molecule has 0 saturated carbocycles. The molecule has 1 amide bonds. The Morgan fingerprint density at radius 2 is 1.78 bits per heavy atom. The van der Waals surface area contributed by atoms with Crippen molar-refractivity contribution < 1.29 is 13.2 Å². The molecule has 0 bridgehead atoms. The van der Waals surface area contributed by atoms with Crippen molar-refractivity contribution in [2.75, 3.05) is 6.26 Å². The first-order chi connectivity index (χ1) is 8.12. The zero-order chi connectivity index (χ0) is 14.1. The van der Waals surface area contributed by atoms with E-state index in [0.717, 1.165) is 6.26 Å². The molecule has 0 aliphatic carbocycles. The molecule has 18 heavy (non-hydrogen) atoms. The van der Waals surface area contributed by atoms with Crippen LogP contribution < -0.4 is 11.5 Å². The number of amides is 1. The molecular weight excluding hydrogens is 254 g/mol. The van der Waals surface area contributed by atoms with Gasteiger partial charge in [-0.3, -0.25) is 4.79 Å². The van der Waals surface area contributed by atoms with Gasteiger partial charge in [-0.25, -0.2) is 8.42 Å². The number of carbonyl (C=O) groups is 1. The van der Waals surface area contributed by atoms with E-state index in [0.29, 0.717) is 11.1 Å². The standard InChI is InChI=1S/C11H15N3O3S/c1-6-4-8(10(15)14-11(12)13)5-9(7(6)2)18(3,16)17/h4-5H,1-3H3,(H4,12,13,14,15). The van der Waals surface area contributed by atoms with Gasteiger partial charge in [0.2, 0.25) is 0 Å². The van der Waals surface area contributed by atoms with E-state index in [9.17, 15) is 13.2 Å². The van der Waals surface area contributed by atoms with E-state index in [4.69, 9.17) is 11.5 Å². The van der Waals surface area contributed by atoms with E-state index in [2.05, 4.69) is 4.99 Å². The van der Waals surface area contributed by atoms with Gasteiger partial charge in [0.15, 0.2) is 15.8 Å². The molecule has 7 heteroatoms. The van der Waals surface area contributed by atoms with Crippen molar-refractivity contribution in [3.63, 3.8) is 0 Å². The van der Waals surface area contributed by atoms with E-state index in [1.54, 1.807) is 19.9 Å². The monoisotopic (exact) mass is 269 g/mol. The van der Waals surface area contributed by atoms with Crippen LogP contribution in [-0.2, 0) is 9.84 Å². The molecule has 0 radical (unpaired) electrons. The van der Waals surface area contributed by atoms with Gasteiger partial charge in [0.05, 0.1) is 4.90 Å². The van der Waals surface area contributed by atoms with Crippen LogP contribution in [0.4, 0.5) is 0 Å². The van der Waals surface area contributed by atoms with E-state index in [1.807, 2.05) is 0 Å². The molecule has 4 N–H and O–H groups in total. The second-order valence-corrected chi connectivity index (χ2v) is 6.01. The molecule has 0 saturated heterocycles. The summed E-state index contributed by atoms with van der Waals surface area (Å²) in [5, 5.41) is 0. The molecule has 0 heterocycles. The first-order valence-corrected chi connectivity index (χ1v) is 6.97. The second kappa shape index (κ2) is 4.77. The Hall–Kier alpha value is -1.89. The van der Waals surface area contributed by atoms with Crippen molar-refractivity contribution in [1.29, 1.82) is 0 Å². The van der Waals surface area contributed by atoms with Crippen molar-refractivity contribution in [2.45, 2.75) is 18.7 Å². The Labute approximate surface area is 106 Å². The van der Waals surface area contributed by atoms with Gasteiger partial charge in [0.25, 0.3) is 5.91 Å². The minimum absolute atomic E-state index is 0.108. The van der Waals surface area contributed by atoms with Gasteiger partial charge in [-0.05, 0) is 37.1 Å². The summed E-state index contributed by atoms with van der Waals surface area (Å²) in [6, 6.07) is 2.84. The molecule has 0 atom stereocenters. The zero-order valence-electron chi connectivity index (χ0n) is 10.4. The molecule has 1 rings (SSSR count). The lowest BCUT2D eigenvalue weighted by Crippen LogP contribution is -2.24. The fourth-order valence-corrected chi connectivity index (χ4v) is 2.58. The van der Waals surface area contributed by atoms with Crippen LogP contribution in [0.1, 0.15) is 21.5 Å². The van der Waals surface area contributed by atoms with Crippen LogP contribution in [0.2, 0.25) is 0 Å². The molecule has 0 aliphatic rings. The smallest absolute Gasteiger partial charge is 0.280 e. The van der Waals surface area contributed by atoms with Gasteiger partial charge in [0.1, 0.15) is 0 Å². The fourth-order valence-electron chi connectivity index (χ4n) is 1.52. The maximum absolute atomic E-state index is 11.7. The number of carbonyl (C=O) groups excluding carboxylic acids is 1. The van der Waals surface area contributed by atoms with Gasteiger partial charge >= 0.3 is 0 Å². The molecular formula is C11H15N3O3S. The number of rotatable bonds is 2. The number of hydrogen-bond acceptors (Lipinski definition) is 3. The summed E-state index contributed by atoms with van der Waals surface area (Å²) >= 11 is 0. The molecule has 0 fully saturated rings. The quantitative estimate of drug-likeness (QED) is 0.584. The van der Waals surface area contributed by atoms with Crippen LogP contribution in [0, 0.1) is 13.8 Å². The van der Waals surface area contributed by atoms with E-state index < -0.39 is 15.7 Å². The van der Waals surface area contributed by atoms with Crippen molar-refractivity contribution in [1.82, 2.24) is 0 Å². The lowest BCUT2D eigenvalue weighted by molar-refractivity contribution is 0.100. The minimum atomic E-state index is -3.40. The molecule has 98 valence electrons. The molecule has 0 spiro atoms. The van der Waals surface area contributed by atoms with E-state index >= 15 is 0 Å². The molecule has 0 aromatic heterocycles. The normalized spacial score (nSPS) is 11.1. The maximum atomic E-state index is 11.7. The van der Waals surface area contributed by atoms with Crippen LogP contribution in [0.3, 0.4) is 0 Å². The Morgan fingerprint density at radius 3 is 2.22 bits per heavy atom. The summed E-state index contributed by atoms with van der Waals surface area (Å²) < 4.78 is 23.2. The number of hydrogen-bond donors (Lipinski definition) is 2. The van der Waals surface area contributed by atoms with Crippen molar-refractivity contribution >= 4 is 21.7 Å². The number of guanidine groups is 1. The third-order valence-electron chi connectivity index (χ3n) is 2.50. The van der Waals surface area contributed by atoms with Gasteiger partial charge in [-0.1, -0.05) is 0 Å². The number of nitrogens with two attached hydrogens (primary N) is 2. The number of sulfone groups is 1. The Bertz CT molecular complexity index is 629. The molecule has 1 aromatic rings. The van der Waals surface area contributed by atoms with Crippen molar-refractivity contribution in [3.05, 3.63) is 28.8 Å². The predicted molar refractivity (Wildman–Crippen MR) is 69.2 cm³/mol. The highest BCUT2D eigenvalue weighted by Crippen LogP contribution is 2.21. The average Bonchev–Trinajstić information content (AvgIpc) is 2.18. The molecule has 1 aromatic carbocycles. The topological polar surface area (TPSA) is 116 Å². The lowest BCUT2D eigenvalue weighted by Gasteiger charge is -2.09. The summed E-state index contributed by atoms with van der Waals surface area (Å²) in [6.07, 6.45) is 1.09. The summed E-state index contributed by atoms with van der Waals surface area (Å²) in [5.74, 6) is -1.03. The van der Waals surface area contributed by atoms with Crippen LogP contribution in [-0.4, -0.2) is 26.5 Å². The van der Waals surface area contributed by atoms with Crippen molar-refractivity contribution in [3.8, 4) is 0 Å². The van der Waals surface area contributed by atoms with Crippen LogP contribution in [0.25, 0.3) is 0 Å². The average molecular weight is 269 g/mol. The third-order valence-corrected chi connectivity index (χ3v) is 3.72. The fraction of sp³-hybridized carbons (Fsp3) is 0.273. The van der Waals surface area contributed by atoms with Gasteiger partial charge < -0.3 is 11.5 Å². The highest BCUT2D eigenvalue weighted by molar-refractivity contribution is 7.90. The minimum Gasteiger partial charge on any atom is -0.370 e. The first-order valence-electron chi connectivity index (χ1n) is 5.08. The van der Waals surface area contributed by atoms with E-state index in [1.165, 1.54) is 6.07 Å². The lowest BCUT2D eigenvalue weighted by atomic mass is 10.1. The maximum Gasteiger partial charge on any atom is 0.280 e. The third kappa shape index (κ3) is 3.07. The summed E-state index contributed by atoms with van der Waals surface area (Å²) in [6.45, 7) is 3.40. The number of aliphatic imine (C=N–C) groups is 1. The zero-order valence-corrected chi connectivity index (χ0v) is 11.2. The second-order valence-electron chi connectivity index (χ2n) is 4.03. The summed E-state index contributed by atoms with van der Waals surface area (Å²) in [7, 11) is -3.40. The van der Waals surface area contributed by atoms with Crippen LogP contribution >= 0.6 is 0 Å². The Balaban J connectivity index is 3.48. The number of benzene rings is 1. The SMILES string of the molecule is Cc1cc(C(=O)N=C(N)N)cc(S(C)(=O)=O)c1C. The Kier molecular flexibility index (Phi) is 3.76. The largest absolute Gasteiger partial charge is 0.370 e. The molecule has 6 nitrogen and oxygen atoms in total. The summed E-state index contributed by atoms with van der Waals surface area (Å²) in [4.78, 5) is 15.1. The van der Waals surface area contributed by atoms with E-state index in [-0.39, 0.29) is 16.4 Å². The highest BCUT2D eigenvalue weighted by atomic mass is 32.2. The Morgan fingerprint density at radius 1 is 1.22 bits per heavy atom. The van der Waals surface area contributed by atoms with Gasteiger partial charge in [-0.2, -0.15) is 4.99 Å². The predicted octanol–water partition coefficient (Wildman–Crippen LogP) is 0.121. The first kappa shape index (κ1) is 14.2. The number of aryl methyl sites for hydroxylation is 1. The van der Waals surface area contributed by atoms with Gasteiger partial charge in [-0.15, -0.1) is 0 Å². The van der Waals surface area contributed by atoms with Crippen molar-refractivity contribution in [2.24, 2.45) is 16.5 Å².